The number of ether oxygens (including phenoxy) is 1. The third-order valence-electron chi connectivity index (χ3n) is 3.20. The number of aromatic carboxylic acids is 1. The van der Waals surface area contributed by atoms with Crippen molar-refractivity contribution in [2.45, 2.75) is 6.54 Å². The van der Waals surface area contributed by atoms with Crippen LogP contribution in [0.1, 0.15) is 15.9 Å². The van der Waals surface area contributed by atoms with Crippen molar-refractivity contribution in [3.05, 3.63) is 58.1 Å². The van der Waals surface area contributed by atoms with Crippen molar-refractivity contribution in [3.8, 4) is 5.75 Å². The second kappa shape index (κ2) is 6.63. The van der Waals surface area contributed by atoms with Crippen LogP contribution < -0.4 is 9.64 Å². The quantitative estimate of drug-likeness (QED) is 0.891. The number of nitrogens with zero attached hydrogens (tertiary/aromatic N) is 1. The summed E-state index contributed by atoms with van der Waals surface area (Å²) in [4.78, 5) is 13.0. The zero-order chi connectivity index (χ0) is 15.4. The average molecular weight is 350 g/mol. The second-order valence-electron chi connectivity index (χ2n) is 4.67. The van der Waals surface area contributed by atoms with Gasteiger partial charge in [-0.3, -0.25) is 0 Å². The van der Waals surface area contributed by atoms with Gasteiger partial charge < -0.3 is 14.7 Å². The van der Waals surface area contributed by atoms with Gasteiger partial charge in [-0.25, -0.2) is 4.79 Å². The van der Waals surface area contributed by atoms with Gasteiger partial charge in [0, 0.05) is 29.8 Å². The molecule has 21 heavy (non-hydrogen) atoms. The first-order valence-corrected chi connectivity index (χ1v) is 7.17. The van der Waals surface area contributed by atoms with Gasteiger partial charge in [0.25, 0.3) is 0 Å². The minimum Gasteiger partial charge on any atom is -0.497 e. The number of rotatable bonds is 5. The maximum atomic E-state index is 10.9. The van der Waals surface area contributed by atoms with E-state index in [2.05, 4.69) is 20.8 Å². The molecule has 2 aromatic rings. The highest BCUT2D eigenvalue weighted by Gasteiger charge is 2.09. The molecule has 5 heteroatoms. The predicted molar refractivity (Wildman–Crippen MR) is 86.2 cm³/mol. The summed E-state index contributed by atoms with van der Waals surface area (Å²) in [6.07, 6.45) is 0. The lowest BCUT2D eigenvalue weighted by Gasteiger charge is -2.21. The van der Waals surface area contributed by atoms with Crippen LogP contribution in [0.3, 0.4) is 0 Å². The molecule has 0 heterocycles. The molecule has 0 bridgehead atoms. The van der Waals surface area contributed by atoms with Crippen molar-refractivity contribution in [2.75, 3.05) is 19.1 Å². The molecule has 0 aliphatic rings. The molecular weight excluding hydrogens is 334 g/mol. The smallest absolute Gasteiger partial charge is 0.335 e. The molecule has 0 spiro atoms. The van der Waals surface area contributed by atoms with Gasteiger partial charge >= 0.3 is 5.97 Å². The van der Waals surface area contributed by atoms with Gasteiger partial charge in [0.1, 0.15) is 5.75 Å². The summed E-state index contributed by atoms with van der Waals surface area (Å²) in [7, 11) is 3.62. The number of benzene rings is 2. The molecule has 2 aromatic carbocycles. The van der Waals surface area contributed by atoms with E-state index < -0.39 is 5.97 Å². The van der Waals surface area contributed by atoms with E-state index in [1.807, 2.05) is 37.4 Å². The molecule has 1 N–H and O–H groups in total. The van der Waals surface area contributed by atoms with Crippen LogP contribution in [0.15, 0.2) is 46.9 Å². The number of methoxy groups -OCH3 is 1. The van der Waals surface area contributed by atoms with Crippen LogP contribution in [-0.2, 0) is 6.54 Å². The Balaban J connectivity index is 2.19. The van der Waals surface area contributed by atoms with E-state index in [1.165, 1.54) is 0 Å². The molecule has 0 saturated carbocycles. The Kier molecular flexibility index (Phi) is 4.85. The molecule has 0 amide bonds. The number of halogens is 1. The summed E-state index contributed by atoms with van der Waals surface area (Å²) in [6, 6.07) is 12.9. The average Bonchev–Trinajstić information content (AvgIpc) is 2.49. The lowest BCUT2D eigenvalue weighted by atomic mass is 10.1. The van der Waals surface area contributed by atoms with Crippen LogP contribution >= 0.6 is 15.9 Å². The standard InChI is InChI=1S/C16H16BrNO3/c1-18(13-4-3-5-14(9-13)21-2)10-12-7-6-11(16(19)20)8-15(12)17/h3-9H,10H2,1-2H3,(H,19,20). The predicted octanol–water partition coefficient (Wildman–Crippen LogP) is 3.79. The van der Waals surface area contributed by atoms with E-state index in [-0.39, 0.29) is 5.56 Å². The Morgan fingerprint density at radius 3 is 2.67 bits per heavy atom. The highest BCUT2D eigenvalue weighted by Crippen LogP contribution is 2.24. The maximum absolute atomic E-state index is 10.9. The van der Waals surface area contributed by atoms with Gasteiger partial charge in [-0.1, -0.05) is 28.1 Å². The molecule has 0 fully saturated rings. The van der Waals surface area contributed by atoms with Crippen molar-refractivity contribution in [1.82, 2.24) is 0 Å². The number of hydrogen-bond donors (Lipinski definition) is 1. The third kappa shape index (κ3) is 3.76. The van der Waals surface area contributed by atoms with Gasteiger partial charge in [-0.05, 0) is 29.8 Å². The fourth-order valence-electron chi connectivity index (χ4n) is 2.00. The first-order chi connectivity index (χ1) is 10.0. The molecular formula is C16H16BrNO3. The van der Waals surface area contributed by atoms with E-state index in [4.69, 9.17) is 9.84 Å². The number of carboxylic acid groups (broad SMARTS) is 1. The summed E-state index contributed by atoms with van der Waals surface area (Å²) < 4.78 is 6.01. The number of anilines is 1. The van der Waals surface area contributed by atoms with E-state index in [1.54, 1.807) is 19.2 Å². The number of hydrogen-bond acceptors (Lipinski definition) is 3. The van der Waals surface area contributed by atoms with Crippen LogP contribution in [0.25, 0.3) is 0 Å². The largest absolute Gasteiger partial charge is 0.497 e. The molecule has 0 saturated heterocycles. The van der Waals surface area contributed by atoms with Gasteiger partial charge in [0.15, 0.2) is 0 Å². The lowest BCUT2D eigenvalue weighted by Crippen LogP contribution is -2.16. The Hall–Kier alpha value is -2.01. The van der Waals surface area contributed by atoms with Crippen LogP contribution in [0, 0.1) is 0 Å². The Labute approximate surface area is 132 Å². The SMILES string of the molecule is COc1cccc(N(C)Cc2ccc(C(=O)O)cc2Br)c1. The lowest BCUT2D eigenvalue weighted by molar-refractivity contribution is 0.0697. The van der Waals surface area contributed by atoms with Crippen LogP contribution in [0.4, 0.5) is 5.69 Å². The van der Waals surface area contributed by atoms with E-state index in [0.717, 1.165) is 21.5 Å². The monoisotopic (exact) mass is 349 g/mol. The van der Waals surface area contributed by atoms with Gasteiger partial charge in [-0.2, -0.15) is 0 Å². The van der Waals surface area contributed by atoms with E-state index >= 15 is 0 Å². The van der Waals surface area contributed by atoms with Crippen LogP contribution in [0.5, 0.6) is 5.75 Å². The van der Waals surface area contributed by atoms with Gasteiger partial charge in [0.2, 0.25) is 0 Å². The first-order valence-electron chi connectivity index (χ1n) is 6.38. The summed E-state index contributed by atoms with van der Waals surface area (Å²) >= 11 is 3.43. The highest BCUT2D eigenvalue weighted by molar-refractivity contribution is 9.10. The molecule has 0 atom stereocenters. The second-order valence-corrected chi connectivity index (χ2v) is 5.52. The van der Waals surface area contributed by atoms with Crippen molar-refractivity contribution in [2.24, 2.45) is 0 Å². The first kappa shape index (κ1) is 15.4. The fourth-order valence-corrected chi connectivity index (χ4v) is 2.51. The molecule has 0 aliphatic heterocycles. The molecule has 4 nitrogen and oxygen atoms in total. The van der Waals surface area contributed by atoms with E-state index in [0.29, 0.717) is 6.54 Å². The molecule has 0 aliphatic carbocycles. The highest BCUT2D eigenvalue weighted by atomic mass is 79.9. The normalized spacial score (nSPS) is 10.2. The van der Waals surface area contributed by atoms with Crippen LogP contribution in [-0.4, -0.2) is 25.2 Å². The fraction of sp³-hybridized carbons (Fsp3) is 0.188. The Bertz CT molecular complexity index is 658. The maximum Gasteiger partial charge on any atom is 0.335 e. The van der Waals surface area contributed by atoms with Crippen molar-refractivity contribution < 1.29 is 14.6 Å². The Morgan fingerprint density at radius 1 is 1.29 bits per heavy atom. The van der Waals surface area contributed by atoms with Gasteiger partial charge in [-0.15, -0.1) is 0 Å². The van der Waals surface area contributed by atoms with Crippen molar-refractivity contribution in [1.29, 1.82) is 0 Å². The summed E-state index contributed by atoms with van der Waals surface area (Å²) in [5.41, 5.74) is 2.32. The van der Waals surface area contributed by atoms with Crippen molar-refractivity contribution in [3.63, 3.8) is 0 Å². The number of carboxylic acids is 1. The molecule has 110 valence electrons. The molecule has 0 radical (unpaired) electrons. The van der Waals surface area contributed by atoms with Gasteiger partial charge in [0.05, 0.1) is 12.7 Å². The molecule has 0 unspecified atom stereocenters. The number of carbonyl (C=O) groups is 1. The summed E-state index contributed by atoms with van der Waals surface area (Å²) in [5.74, 6) is -0.122. The minimum atomic E-state index is -0.927. The summed E-state index contributed by atoms with van der Waals surface area (Å²) in [5, 5.41) is 8.97. The molecule has 2 rings (SSSR count). The topological polar surface area (TPSA) is 49.8 Å². The third-order valence-corrected chi connectivity index (χ3v) is 3.94. The zero-order valence-electron chi connectivity index (χ0n) is 11.8. The molecule has 0 aromatic heterocycles. The van der Waals surface area contributed by atoms with E-state index in [9.17, 15) is 4.79 Å². The van der Waals surface area contributed by atoms with Crippen LogP contribution in [0.2, 0.25) is 0 Å². The Morgan fingerprint density at radius 2 is 2.05 bits per heavy atom. The zero-order valence-corrected chi connectivity index (χ0v) is 13.4. The summed E-state index contributed by atoms with van der Waals surface area (Å²) in [6.45, 7) is 0.660. The minimum absolute atomic E-state index is 0.273. The van der Waals surface area contributed by atoms with Crippen molar-refractivity contribution >= 4 is 27.6 Å².